The first-order valence-corrected chi connectivity index (χ1v) is 2.87. The van der Waals surface area contributed by atoms with E-state index in [2.05, 4.69) is 9.97 Å². The van der Waals surface area contributed by atoms with E-state index in [0.29, 0.717) is 4.85 Å². The molecule has 58 valence electrons. The first-order valence-electron chi connectivity index (χ1n) is 2.87. The number of nitrogen functional groups attached to an aromatic ring is 2. The van der Waals surface area contributed by atoms with Crippen LogP contribution < -0.4 is 11.5 Å². The molecule has 0 fully saturated rings. The summed E-state index contributed by atoms with van der Waals surface area (Å²) in [5, 5.41) is 9.14. The highest BCUT2D eigenvalue weighted by Crippen LogP contribution is 2.08. The molecule has 0 unspecified atom stereocenters. The molecule has 7 nitrogen and oxygen atoms in total. The Morgan fingerprint density at radius 2 is 2.18 bits per heavy atom. The third-order valence-corrected chi connectivity index (χ3v) is 1.36. The fraction of sp³-hybridized carbons (Fsp3) is 0. The number of rotatable bonds is 0. The Labute approximate surface area is 60.8 Å². The number of imidazole rings is 1. The Hall–Kier alpha value is -1.92. The summed E-state index contributed by atoms with van der Waals surface area (Å²) < 4.78 is 1.19. The zero-order chi connectivity index (χ0) is 8.01. The van der Waals surface area contributed by atoms with Crippen LogP contribution in [0.5, 0.6) is 0 Å². The molecule has 0 saturated carbocycles. The van der Waals surface area contributed by atoms with Gasteiger partial charge in [0.2, 0.25) is 0 Å². The highest BCUT2D eigenvalue weighted by Gasteiger charge is 2.09. The molecule has 2 heterocycles. The van der Waals surface area contributed by atoms with Crippen molar-refractivity contribution in [2.45, 2.75) is 0 Å². The van der Waals surface area contributed by atoms with Gasteiger partial charge in [-0.3, -0.25) is 0 Å². The molecule has 7 heteroatoms. The van der Waals surface area contributed by atoms with Gasteiger partial charge in [0.1, 0.15) is 5.82 Å². The monoisotopic (exact) mass is 154 g/mol. The number of hydrogen-bond acceptors (Lipinski definition) is 5. The number of fused-ring (bicyclic) bond motifs is 1. The molecule has 2 rings (SSSR count). The molecular weight excluding hydrogens is 148 g/mol. The third-order valence-electron chi connectivity index (χ3n) is 1.36. The van der Waals surface area contributed by atoms with E-state index in [1.807, 2.05) is 0 Å². The lowest BCUT2D eigenvalue weighted by Gasteiger charge is -1.94. The van der Waals surface area contributed by atoms with Gasteiger partial charge in [0.15, 0.2) is 0 Å². The van der Waals surface area contributed by atoms with Gasteiger partial charge in [-0.25, -0.2) is 4.98 Å². The summed E-state index contributed by atoms with van der Waals surface area (Å²) in [5.74, 6) is 0.522. The molecule has 2 aromatic rings. The maximum Gasteiger partial charge on any atom is 0.257 e. The maximum atomic E-state index is 9.14. The average molecular weight is 154 g/mol. The second-order valence-electron chi connectivity index (χ2n) is 2.05. The summed E-state index contributed by atoms with van der Waals surface area (Å²) in [6.45, 7) is 0. The Morgan fingerprint density at radius 3 is 2.82 bits per heavy atom. The van der Waals surface area contributed by atoms with Crippen molar-refractivity contribution >= 4 is 17.5 Å². The van der Waals surface area contributed by atoms with Gasteiger partial charge in [0, 0.05) is 0 Å². The van der Waals surface area contributed by atoms with E-state index in [-0.39, 0.29) is 17.5 Å². The number of anilines is 2. The summed E-state index contributed by atoms with van der Waals surface area (Å²) in [7, 11) is 0. The molecule has 5 N–H and O–H groups in total. The van der Waals surface area contributed by atoms with E-state index in [0.717, 1.165) is 0 Å². The predicted octanol–water partition coefficient (Wildman–Crippen LogP) is -1.07. The zero-order valence-corrected chi connectivity index (χ0v) is 5.47. The molecule has 0 saturated heterocycles. The zero-order valence-electron chi connectivity index (χ0n) is 5.47. The molecule has 0 aliphatic carbocycles. The molecule has 0 atom stereocenters. The number of nitrogens with zero attached hydrogens (tertiary/aromatic N) is 4. The standard InChI is InChI=1S/C4H6N6O/c5-2-1-7-4-8-3(6)10(11)9(2)4/h1,11H,5H2,(H2,6,7,8). The van der Waals surface area contributed by atoms with Crippen LogP contribution >= 0.6 is 0 Å². The van der Waals surface area contributed by atoms with Gasteiger partial charge in [-0.1, -0.05) is 4.85 Å². The Kier molecular flexibility index (Phi) is 0.831. The predicted molar refractivity (Wildman–Crippen MR) is 37.0 cm³/mol. The smallest absolute Gasteiger partial charge is 0.257 e. The quantitative estimate of drug-likeness (QED) is 0.419. The average Bonchev–Trinajstić information content (AvgIpc) is 2.41. The lowest BCUT2D eigenvalue weighted by molar-refractivity contribution is 0.144. The summed E-state index contributed by atoms with van der Waals surface area (Å²) in [6, 6.07) is 0. The van der Waals surface area contributed by atoms with Crippen molar-refractivity contribution in [1.82, 2.24) is 19.3 Å². The molecule has 0 spiro atoms. The first-order chi connectivity index (χ1) is 5.20. The molecule has 0 radical (unpaired) electrons. The van der Waals surface area contributed by atoms with E-state index in [1.165, 1.54) is 10.7 Å². The van der Waals surface area contributed by atoms with Gasteiger partial charge in [0.05, 0.1) is 6.20 Å². The number of hydrogen-bond donors (Lipinski definition) is 3. The second-order valence-corrected chi connectivity index (χ2v) is 2.05. The first kappa shape index (κ1) is 5.83. The highest BCUT2D eigenvalue weighted by atomic mass is 16.5. The SMILES string of the molecule is Nc1nc2ncc(N)n2n1O. The van der Waals surface area contributed by atoms with Crippen molar-refractivity contribution in [2.24, 2.45) is 0 Å². The van der Waals surface area contributed by atoms with E-state index < -0.39 is 0 Å². The van der Waals surface area contributed by atoms with E-state index in [9.17, 15) is 0 Å². The molecule has 0 amide bonds. The van der Waals surface area contributed by atoms with Crippen LogP contribution in [0.25, 0.3) is 5.78 Å². The maximum absolute atomic E-state index is 9.14. The van der Waals surface area contributed by atoms with Crippen LogP contribution in [0.15, 0.2) is 6.20 Å². The second kappa shape index (κ2) is 1.57. The molecule has 0 aromatic carbocycles. The van der Waals surface area contributed by atoms with Gasteiger partial charge in [-0.15, -0.1) is 0 Å². The van der Waals surface area contributed by atoms with Crippen LogP contribution in [-0.2, 0) is 0 Å². The highest BCUT2D eigenvalue weighted by molar-refractivity contribution is 5.44. The Bertz CT molecular complexity index is 400. The fourth-order valence-corrected chi connectivity index (χ4v) is 0.869. The van der Waals surface area contributed by atoms with E-state index >= 15 is 0 Å². The summed E-state index contributed by atoms with van der Waals surface area (Å²) in [6.07, 6.45) is 1.38. The largest absolute Gasteiger partial charge is 0.410 e. The van der Waals surface area contributed by atoms with Crippen molar-refractivity contribution in [3.8, 4) is 0 Å². The fourth-order valence-electron chi connectivity index (χ4n) is 0.869. The van der Waals surface area contributed by atoms with Crippen molar-refractivity contribution in [3.63, 3.8) is 0 Å². The number of aromatic nitrogens is 4. The van der Waals surface area contributed by atoms with Crippen molar-refractivity contribution in [1.29, 1.82) is 0 Å². The van der Waals surface area contributed by atoms with Crippen LogP contribution in [0, 0.1) is 0 Å². The Morgan fingerprint density at radius 1 is 1.45 bits per heavy atom. The molecule has 0 bridgehead atoms. The van der Waals surface area contributed by atoms with Gasteiger partial charge in [-0.05, 0) is 0 Å². The van der Waals surface area contributed by atoms with Gasteiger partial charge >= 0.3 is 0 Å². The minimum Gasteiger partial charge on any atom is -0.410 e. The van der Waals surface area contributed by atoms with Crippen LogP contribution in [0.3, 0.4) is 0 Å². The number of nitrogens with two attached hydrogens (primary N) is 2. The normalized spacial score (nSPS) is 10.9. The van der Waals surface area contributed by atoms with Crippen molar-refractivity contribution in [3.05, 3.63) is 6.20 Å². The molecule has 2 aromatic heterocycles. The van der Waals surface area contributed by atoms with Gasteiger partial charge in [0.25, 0.3) is 11.7 Å². The van der Waals surface area contributed by atoms with Crippen molar-refractivity contribution in [2.75, 3.05) is 11.5 Å². The third kappa shape index (κ3) is 0.561. The minimum absolute atomic E-state index is 0.0419. The molecule has 11 heavy (non-hydrogen) atoms. The summed E-state index contributed by atoms with van der Waals surface area (Å²) >= 11 is 0. The molecule has 0 aliphatic heterocycles. The van der Waals surface area contributed by atoms with Crippen LogP contribution in [-0.4, -0.2) is 24.5 Å². The minimum atomic E-state index is -0.0419. The molecule has 0 aliphatic rings. The lowest BCUT2D eigenvalue weighted by Crippen LogP contribution is -2.06. The van der Waals surface area contributed by atoms with Crippen LogP contribution in [0.1, 0.15) is 0 Å². The topological polar surface area (TPSA) is 107 Å². The van der Waals surface area contributed by atoms with Crippen molar-refractivity contribution < 1.29 is 5.21 Å². The van der Waals surface area contributed by atoms with Crippen LogP contribution in [0.4, 0.5) is 11.8 Å². The van der Waals surface area contributed by atoms with Gasteiger partial charge in [-0.2, -0.15) is 9.50 Å². The van der Waals surface area contributed by atoms with E-state index in [1.54, 1.807) is 0 Å². The van der Waals surface area contributed by atoms with Crippen LogP contribution in [0.2, 0.25) is 0 Å². The summed E-state index contributed by atoms with van der Waals surface area (Å²) in [5.41, 5.74) is 10.7. The Balaban J connectivity index is 2.95. The van der Waals surface area contributed by atoms with Gasteiger partial charge < -0.3 is 16.7 Å². The molecular formula is C4H6N6O. The summed E-state index contributed by atoms with van der Waals surface area (Å²) in [4.78, 5) is 8.10. The van der Waals surface area contributed by atoms with E-state index in [4.69, 9.17) is 16.7 Å². The lowest BCUT2D eigenvalue weighted by atomic mass is 10.8.